The van der Waals surface area contributed by atoms with Gasteiger partial charge in [0.1, 0.15) is 11.4 Å². The number of nitrogens with one attached hydrogen (secondary N) is 1. The van der Waals surface area contributed by atoms with Crippen LogP contribution in [0.15, 0.2) is 24.7 Å². The van der Waals surface area contributed by atoms with Gasteiger partial charge in [0.25, 0.3) is 0 Å². The summed E-state index contributed by atoms with van der Waals surface area (Å²) in [6, 6.07) is 1.11. The van der Waals surface area contributed by atoms with E-state index in [1.54, 1.807) is 17.0 Å². The third kappa shape index (κ3) is 2.29. The molecule has 2 aromatic rings. The minimum Gasteiger partial charge on any atom is -0.478 e. The Morgan fingerprint density at radius 1 is 1.50 bits per heavy atom. The maximum absolute atomic E-state index is 13.7. The van der Waals surface area contributed by atoms with E-state index in [1.165, 1.54) is 6.20 Å². The van der Waals surface area contributed by atoms with E-state index in [2.05, 4.69) is 15.3 Å². The summed E-state index contributed by atoms with van der Waals surface area (Å²) in [4.78, 5) is 18.6. The topological polar surface area (TPSA) is 80.0 Å². The zero-order valence-electron chi connectivity index (χ0n) is 9.59. The molecule has 0 aromatic carbocycles. The third-order valence-electron chi connectivity index (χ3n) is 2.45. The molecule has 94 valence electrons. The van der Waals surface area contributed by atoms with Crippen LogP contribution in [0.3, 0.4) is 0 Å². The molecule has 0 amide bonds. The predicted octanol–water partition coefficient (Wildman–Crippen LogP) is 1.26. The van der Waals surface area contributed by atoms with Crippen LogP contribution in [-0.2, 0) is 13.6 Å². The maximum Gasteiger partial charge on any atom is 0.338 e. The average Bonchev–Trinajstić information content (AvgIpc) is 2.73. The molecular formula is C11H11FN4O2. The summed E-state index contributed by atoms with van der Waals surface area (Å²) < 4.78 is 15.5. The van der Waals surface area contributed by atoms with E-state index < -0.39 is 17.3 Å². The van der Waals surface area contributed by atoms with Crippen molar-refractivity contribution in [2.45, 2.75) is 6.54 Å². The number of carbonyl (C=O) groups is 1. The van der Waals surface area contributed by atoms with Gasteiger partial charge in [-0.3, -0.25) is 0 Å². The molecule has 2 rings (SSSR count). The molecule has 6 nitrogen and oxygen atoms in total. The number of hydrogen-bond donors (Lipinski definition) is 2. The molecule has 0 saturated heterocycles. The minimum atomic E-state index is -1.32. The van der Waals surface area contributed by atoms with Crippen molar-refractivity contribution in [1.82, 2.24) is 14.5 Å². The van der Waals surface area contributed by atoms with Gasteiger partial charge in [0.2, 0.25) is 0 Å². The number of imidazole rings is 1. The highest BCUT2D eigenvalue weighted by Crippen LogP contribution is 2.15. The number of hydrogen-bond acceptors (Lipinski definition) is 4. The molecule has 0 fully saturated rings. The van der Waals surface area contributed by atoms with E-state index >= 15 is 0 Å². The van der Waals surface area contributed by atoms with Crippen molar-refractivity contribution in [1.29, 1.82) is 0 Å². The van der Waals surface area contributed by atoms with Crippen molar-refractivity contribution in [3.8, 4) is 0 Å². The second-order valence-corrected chi connectivity index (χ2v) is 3.63. The lowest BCUT2D eigenvalue weighted by atomic mass is 10.2. The zero-order valence-corrected chi connectivity index (χ0v) is 9.59. The number of aromatic carboxylic acids is 1. The molecule has 0 unspecified atom stereocenters. The van der Waals surface area contributed by atoms with E-state index in [-0.39, 0.29) is 12.4 Å². The Morgan fingerprint density at radius 2 is 2.28 bits per heavy atom. The van der Waals surface area contributed by atoms with Gasteiger partial charge in [0.05, 0.1) is 6.54 Å². The molecule has 2 aromatic heterocycles. The second-order valence-electron chi connectivity index (χ2n) is 3.63. The fraction of sp³-hybridized carbons (Fsp3) is 0.182. The summed E-state index contributed by atoms with van der Waals surface area (Å²) in [5, 5.41) is 11.5. The molecule has 0 atom stereocenters. The van der Waals surface area contributed by atoms with Crippen LogP contribution in [0.4, 0.5) is 10.2 Å². The van der Waals surface area contributed by atoms with Crippen molar-refractivity contribution >= 4 is 11.8 Å². The molecule has 7 heteroatoms. The van der Waals surface area contributed by atoms with Crippen molar-refractivity contribution in [2.24, 2.45) is 7.05 Å². The normalized spacial score (nSPS) is 10.3. The highest BCUT2D eigenvalue weighted by molar-refractivity contribution is 5.88. The van der Waals surface area contributed by atoms with Crippen LogP contribution in [-0.4, -0.2) is 25.6 Å². The molecule has 2 heterocycles. The summed E-state index contributed by atoms with van der Waals surface area (Å²) in [6.07, 6.45) is 4.62. The molecule has 2 N–H and O–H groups in total. The van der Waals surface area contributed by atoms with Crippen LogP contribution >= 0.6 is 0 Å². The molecule has 0 radical (unpaired) electrons. The second kappa shape index (κ2) is 4.82. The highest BCUT2D eigenvalue weighted by atomic mass is 19.1. The standard InChI is InChI=1S/C11H11FN4O2/c1-16-5-4-13-8(16)6-15-10-9(12)7(11(17)18)2-3-14-10/h2-5H,6H2,1H3,(H,14,15)(H,17,18). The summed E-state index contributed by atoms with van der Waals surface area (Å²) in [5.41, 5.74) is -0.410. The first kappa shape index (κ1) is 12.0. The smallest absolute Gasteiger partial charge is 0.338 e. The van der Waals surface area contributed by atoms with Crippen LogP contribution in [0.25, 0.3) is 0 Å². The lowest BCUT2D eigenvalue weighted by Gasteiger charge is -2.07. The maximum atomic E-state index is 13.7. The summed E-state index contributed by atoms with van der Waals surface area (Å²) in [6.45, 7) is 0.260. The molecule has 0 spiro atoms. The lowest BCUT2D eigenvalue weighted by molar-refractivity contribution is 0.0692. The summed E-state index contributed by atoms with van der Waals surface area (Å²) in [5.74, 6) is -1.61. The van der Waals surface area contributed by atoms with E-state index in [0.29, 0.717) is 5.82 Å². The van der Waals surface area contributed by atoms with Crippen LogP contribution in [0.1, 0.15) is 16.2 Å². The average molecular weight is 250 g/mol. The first-order valence-electron chi connectivity index (χ1n) is 5.17. The van der Waals surface area contributed by atoms with Gasteiger partial charge in [0.15, 0.2) is 11.6 Å². The van der Waals surface area contributed by atoms with Gasteiger partial charge >= 0.3 is 5.97 Å². The van der Waals surface area contributed by atoms with E-state index in [0.717, 1.165) is 6.07 Å². The van der Waals surface area contributed by atoms with E-state index in [9.17, 15) is 9.18 Å². The Bertz CT molecular complexity index is 582. The van der Waals surface area contributed by atoms with Crippen LogP contribution in [0, 0.1) is 5.82 Å². The Morgan fingerprint density at radius 3 is 2.89 bits per heavy atom. The Hall–Kier alpha value is -2.44. The quantitative estimate of drug-likeness (QED) is 0.854. The number of carboxylic acids is 1. The number of halogens is 1. The van der Waals surface area contributed by atoms with Crippen LogP contribution in [0.2, 0.25) is 0 Å². The fourth-order valence-electron chi connectivity index (χ4n) is 1.46. The number of nitrogens with zero attached hydrogens (tertiary/aromatic N) is 3. The van der Waals surface area contributed by atoms with Crippen molar-refractivity contribution in [3.63, 3.8) is 0 Å². The van der Waals surface area contributed by atoms with Gasteiger partial charge in [-0.2, -0.15) is 0 Å². The Balaban J connectivity index is 2.17. The summed E-state index contributed by atoms with van der Waals surface area (Å²) in [7, 11) is 1.81. The Kier molecular flexibility index (Phi) is 3.22. The highest BCUT2D eigenvalue weighted by Gasteiger charge is 2.15. The minimum absolute atomic E-state index is 0.0992. The van der Waals surface area contributed by atoms with Gasteiger partial charge in [-0.15, -0.1) is 0 Å². The van der Waals surface area contributed by atoms with Gasteiger partial charge < -0.3 is 15.0 Å². The number of rotatable bonds is 4. The first-order chi connectivity index (χ1) is 8.59. The summed E-state index contributed by atoms with van der Waals surface area (Å²) >= 11 is 0. The largest absolute Gasteiger partial charge is 0.478 e. The zero-order chi connectivity index (χ0) is 13.1. The number of pyridine rings is 1. The fourth-order valence-corrected chi connectivity index (χ4v) is 1.46. The van der Waals surface area contributed by atoms with Crippen molar-refractivity contribution in [2.75, 3.05) is 5.32 Å². The number of anilines is 1. The molecule has 0 aliphatic rings. The predicted molar refractivity (Wildman–Crippen MR) is 61.7 cm³/mol. The SMILES string of the molecule is Cn1ccnc1CNc1nccc(C(=O)O)c1F. The van der Waals surface area contributed by atoms with Crippen molar-refractivity contribution < 1.29 is 14.3 Å². The molecule has 0 bridgehead atoms. The Labute approximate surface area is 102 Å². The van der Waals surface area contributed by atoms with Gasteiger partial charge in [-0.1, -0.05) is 0 Å². The molecule has 0 aliphatic carbocycles. The van der Waals surface area contributed by atoms with Crippen LogP contribution < -0.4 is 5.32 Å². The van der Waals surface area contributed by atoms with Gasteiger partial charge in [-0.25, -0.2) is 19.2 Å². The first-order valence-corrected chi connectivity index (χ1v) is 5.17. The van der Waals surface area contributed by atoms with Gasteiger partial charge in [-0.05, 0) is 6.07 Å². The molecule has 0 aliphatic heterocycles. The van der Waals surface area contributed by atoms with E-state index in [1.807, 2.05) is 7.05 Å². The molecule has 18 heavy (non-hydrogen) atoms. The third-order valence-corrected chi connectivity index (χ3v) is 2.45. The lowest BCUT2D eigenvalue weighted by Crippen LogP contribution is -2.10. The van der Waals surface area contributed by atoms with Crippen molar-refractivity contribution in [3.05, 3.63) is 41.9 Å². The molecular weight excluding hydrogens is 239 g/mol. The monoisotopic (exact) mass is 250 g/mol. The number of aromatic nitrogens is 3. The molecule has 0 saturated carbocycles. The number of aryl methyl sites for hydroxylation is 1. The number of carboxylic acid groups (broad SMARTS) is 1. The van der Waals surface area contributed by atoms with Crippen LogP contribution in [0.5, 0.6) is 0 Å². The van der Waals surface area contributed by atoms with Gasteiger partial charge in [0, 0.05) is 25.6 Å². The van der Waals surface area contributed by atoms with E-state index in [4.69, 9.17) is 5.11 Å².